The number of allylic oxidation sites excluding steroid dienone is 1. The van der Waals surface area contributed by atoms with Crippen LogP contribution in [0.3, 0.4) is 0 Å². The first-order valence-electron chi connectivity index (χ1n) is 10.4. The van der Waals surface area contributed by atoms with Crippen molar-refractivity contribution in [1.29, 1.82) is 0 Å². The summed E-state index contributed by atoms with van der Waals surface area (Å²) >= 11 is 0. The van der Waals surface area contributed by atoms with Crippen LogP contribution < -0.4 is 0 Å². The molecule has 0 radical (unpaired) electrons. The van der Waals surface area contributed by atoms with Gasteiger partial charge in [0.1, 0.15) is 0 Å². The van der Waals surface area contributed by atoms with Crippen LogP contribution in [-0.2, 0) is 0 Å². The van der Waals surface area contributed by atoms with Gasteiger partial charge in [-0.3, -0.25) is 4.99 Å². The Hall–Kier alpha value is -0.590. The van der Waals surface area contributed by atoms with E-state index >= 15 is 0 Å². The van der Waals surface area contributed by atoms with Gasteiger partial charge in [-0.25, -0.2) is 0 Å². The average molecular weight is 320 g/mol. The summed E-state index contributed by atoms with van der Waals surface area (Å²) in [6.07, 6.45) is 22.2. The van der Waals surface area contributed by atoms with Gasteiger partial charge < -0.3 is 0 Å². The third-order valence-corrected chi connectivity index (χ3v) is 5.07. The minimum Gasteiger partial charge on any atom is -0.289 e. The summed E-state index contributed by atoms with van der Waals surface area (Å²) in [5.74, 6) is 0.890. The quantitative estimate of drug-likeness (QED) is 0.294. The average Bonchev–Trinajstić information content (AvgIpc) is 2.92. The molecule has 0 aromatic rings. The molecule has 0 saturated carbocycles. The number of nitrogens with zero attached hydrogens (tertiary/aromatic N) is 1. The van der Waals surface area contributed by atoms with Crippen molar-refractivity contribution in [3.05, 3.63) is 11.6 Å². The van der Waals surface area contributed by atoms with Crippen LogP contribution in [0.25, 0.3) is 0 Å². The van der Waals surface area contributed by atoms with Gasteiger partial charge in [0.15, 0.2) is 0 Å². The molecule has 0 spiro atoms. The second-order valence-corrected chi connectivity index (χ2v) is 7.81. The van der Waals surface area contributed by atoms with Crippen LogP contribution >= 0.6 is 0 Å². The van der Waals surface area contributed by atoms with E-state index in [0.717, 1.165) is 12.5 Å². The predicted octanol–water partition coefficient (Wildman–Crippen LogP) is 7.50. The van der Waals surface area contributed by atoms with Crippen LogP contribution in [-0.4, -0.2) is 12.3 Å². The monoisotopic (exact) mass is 319 g/mol. The van der Waals surface area contributed by atoms with E-state index in [1.165, 1.54) is 101 Å². The van der Waals surface area contributed by atoms with Gasteiger partial charge in [-0.15, -0.1) is 0 Å². The lowest BCUT2D eigenvalue weighted by atomic mass is 10.0. The second-order valence-electron chi connectivity index (χ2n) is 7.81. The standard InChI is InChI=1S/C22H41N/c1-20(2)16-14-12-10-8-6-4-5-7-9-11-13-15-17-22-18-19-23-21(22)3/h17,20H,4-16,18-19H2,1-3H3/b22-17+. The fourth-order valence-corrected chi connectivity index (χ4v) is 3.44. The van der Waals surface area contributed by atoms with Crippen molar-refractivity contribution in [3.8, 4) is 0 Å². The van der Waals surface area contributed by atoms with Crippen molar-refractivity contribution in [2.45, 2.75) is 111 Å². The Kier molecular flexibility index (Phi) is 12.3. The lowest BCUT2D eigenvalue weighted by molar-refractivity contribution is 0.504. The molecule has 0 N–H and O–H groups in total. The Bertz CT molecular complexity index is 338. The van der Waals surface area contributed by atoms with Gasteiger partial charge in [0.25, 0.3) is 0 Å². The molecule has 0 unspecified atom stereocenters. The minimum absolute atomic E-state index is 0.890. The van der Waals surface area contributed by atoms with Crippen LogP contribution in [0.5, 0.6) is 0 Å². The smallest absolute Gasteiger partial charge is 0.0433 e. The first-order chi connectivity index (χ1) is 11.2. The molecule has 0 aromatic carbocycles. The molecule has 1 heterocycles. The number of rotatable bonds is 14. The molecule has 0 aliphatic carbocycles. The van der Waals surface area contributed by atoms with Crippen molar-refractivity contribution >= 4 is 5.71 Å². The molecule has 1 nitrogen and oxygen atoms in total. The summed E-state index contributed by atoms with van der Waals surface area (Å²) in [5, 5.41) is 0. The molecular formula is C22H41N. The van der Waals surface area contributed by atoms with E-state index in [4.69, 9.17) is 0 Å². The molecule has 1 aliphatic heterocycles. The Balaban J connectivity index is 1.76. The molecule has 0 atom stereocenters. The molecule has 1 aliphatic rings. The molecule has 23 heavy (non-hydrogen) atoms. The minimum atomic E-state index is 0.890. The molecule has 1 rings (SSSR count). The van der Waals surface area contributed by atoms with Crippen molar-refractivity contribution in [2.75, 3.05) is 6.54 Å². The number of aliphatic imine (C=N–C) groups is 1. The first kappa shape index (κ1) is 20.5. The largest absolute Gasteiger partial charge is 0.289 e. The molecule has 0 saturated heterocycles. The van der Waals surface area contributed by atoms with Gasteiger partial charge in [-0.05, 0) is 37.7 Å². The summed E-state index contributed by atoms with van der Waals surface area (Å²) in [6, 6.07) is 0. The van der Waals surface area contributed by atoms with E-state index in [-0.39, 0.29) is 0 Å². The first-order valence-corrected chi connectivity index (χ1v) is 10.4. The van der Waals surface area contributed by atoms with E-state index in [9.17, 15) is 0 Å². The Morgan fingerprint density at radius 1 is 0.826 bits per heavy atom. The zero-order valence-corrected chi connectivity index (χ0v) is 16.2. The number of hydrogen-bond donors (Lipinski definition) is 0. The van der Waals surface area contributed by atoms with E-state index in [2.05, 4.69) is 31.8 Å². The van der Waals surface area contributed by atoms with Crippen molar-refractivity contribution in [3.63, 3.8) is 0 Å². The van der Waals surface area contributed by atoms with Crippen molar-refractivity contribution in [1.82, 2.24) is 0 Å². The maximum absolute atomic E-state index is 4.45. The van der Waals surface area contributed by atoms with Crippen LogP contribution in [0.15, 0.2) is 16.6 Å². The number of unbranched alkanes of at least 4 members (excludes halogenated alkanes) is 11. The summed E-state index contributed by atoms with van der Waals surface area (Å²) in [5.41, 5.74) is 2.80. The third-order valence-electron chi connectivity index (χ3n) is 5.07. The SMILES string of the molecule is CC1=NCC/C1=C\CCCCCCCCCCCCCC(C)C. The summed E-state index contributed by atoms with van der Waals surface area (Å²) in [4.78, 5) is 4.45. The zero-order valence-electron chi connectivity index (χ0n) is 16.2. The van der Waals surface area contributed by atoms with Crippen LogP contribution in [0.2, 0.25) is 0 Å². The highest BCUT2D eigenvalue weighted by Crippen LogP contribution is 2.16. The molecule has 0 aromatic heterocycles. The fraction of sp³-hybridized carbons (Fsp3) is 0.864. The lowest BCUT2D eigenvalue weighted by Gasteiger charge is -2.04. The molecular weight excluding hydrogens is 278 g/mol. The van der Waals surface area contributed by atoms with Crippen LogP contribution in [0.1, 0.15) is 111 Å². The Labute approximate surface area is 146 Å². The highest BCUT2D eigenvalue weighted by atomic mass is 14.8. The highest BCUT2D eigenvalue weighted by molar-refractivity contribution is 5.99. The van der Waals surface area contributed by atoms with Crippen LogP contribution in [0, 0.1) is 5.92 Å². The molecule has 134 valence electrons. The number of hydrogen-bond acceptors (Lipinski definition) is 1. The Morgan fingerprint density at radius 3 is 1.83 bits per heavy atom. The topological polar surface area (TPSA) is 12.4 Å². The van der Waals surface area contributed by atoms with Crippen molar-refractivity contribution in [2.24, 2.45) is 10.9 Å². The van der Waals surface area contributed by atoms with E-state index in [1.807, 2.05) is 0 Å². The molecule has 0 fully saturated rings. The third kappa shape index (κ3) is 11.6. The van der Waals surface area contributed by atoms with Gasteiger partial charge in [-0.2, -0.15) is 0 Å². The molecule has 0 amide bonds. The van der Waals surface area contributed by atoms with E-state index in [0.29, 0.717) is 0 Å². The normalized spacial score (nSPS) is 16.5. The van der Waals surface area contributed by atoms with Gasteiger partial charge in [-0.1, -0.05) is 90.6 Å². The summed E-state index contributed by atoms with van der Waals surface area (Å²) in [6.45, 7) is 7.85. The molecule has 0 bridgehead atoms. The lowest BCUT2D eigenvalue weighted by Crippen LogP contribution is -1.89. The van der Waals surface area contributed by atoms with Crippen molar-refractivity contribution < 1.29 is 0 Å². The van der Waals surface area contributed by atoms with Gasteiger partial charge >= 0.3 is 0 Å². The Morgan fingerprint density at radius 2 is 1.35 bits per heavy atom. The summed E-state index contributed by atoms with van der Waals surface area (Å²) < 4.78 is 0. The second kappa shape index (κ2) is 13.8. The van der Waals surface area contributed by atoms with Gasteiger partial charge in [0, 0.05) is 12.3 Å². The maximum Gasteiger partial charge on any atom is 0.0433 e. The predicted molar refractivity (Wildman–Crippen MR) is 106 cm³/mol. The van der Waals surface area contributed by atoms with Gasteiger partial charge in [0.2, 0.25) is 0 Å². The van der Waals surface area contributed by atoms with Gasteiger partial charge in [0.05, 0.1) is 0 Å². The van der Waals surface area contributed by atoms with Crippen LogP contribution in [0.4, 0.5) is 0 Å². The highest BCUT2D eigenvalue weighted by Gasteiger charge is 2.06. The summed E-state index contributed by atoms with van der Waals surface area (Å²) in [7, 11) is 0. The maximum atomic E-state index is 4.45. The van der Waals surface area contributed by atoms with E-state index in [1.54, 1.807) is 0 Å². The van der Waals surface area contributed by atoms with E-state index < -0.39 is 0 Å². The molecule has 1 heteroatoms. The zero-order chi connectivity index (χ0) is 16.8. The fourth-order valence-electron chi connectivity index (χ4n) is 3.44.